The van der Waals surface area contributed by atoms with Crippen LogP contribution in [0, 0.1) is 6.92 Å². The number of ether oxygens (including phenoxy) is 2. The molecular weight excluding hydrogens is 424 g/mol. The molecule has 1 aromatic carbocycles. The molecule has 3 aromatic rings. The van der Waals surface area contributed by atoms with Crippen LogP contribution in [0.5, 0.6) is 5.75 Å². The third-order valence-electron chi connectivity index (χ3n) is 4.44. The predicted molar refractivity (Wildman–Crippen MR) is 121 cm³/mol. The number of hydrogen-bond acceptors (Lipinski definition) is 8. The summed E-state index contributed by atoms with van der Waals surface area (Å²) in [5.74, 6) is 1.74. The third-order valence-corrected chi connectivity index (χ3v) is 5.84. The number of anilines is 1. The maximum absolute atomic E-state index is 12.4. The van der Waals surface area contributed by atoms with Gasteiger partial charge in [0.2, 0.25) is 0 Å². The number of benzene rings is 1. The van der Waals surface area contributed by atoms with Crippen molar-refractivity contribution in [3.05, 3.63) is 45.1 Å². The Morgan fingerprint density at radius 1 is 1.30 bits per heavy atom. The Balaban J connectivity index is 2.04. The average Bonchev–Trinajstić information content (AvgIpc) is 3.02. The van der Waals surface area contributed by atoms with E-state index >= 15 is 0 Å². The molecular formula is C21H25ClN4O3S. The first-order chi connectivity index (χ1) is 14.3. The van der Waals surface area contributed by atoms with Gasteiger partial charge in [0.1, 0.15) is 27.1 Å². The van der Waals surface area contributed by atoms with Crippen LogP contribution in [0.3, 0.4) is 0 Å². The molecule has 0 saturated carbocycles. The lowest BCUT2D eigenvalue weighted by molar-refractivity contribution is 0.0531. The van der Waals surface area contributed by atoms with Crippen molar-refractivity contribution in [1.29, 1.82) is 0 Å². The van der Waals surface area contributed by atoms with Crippen LogP contribution in [0.25, 0.3) is 10.2 Å². The quantitative estimate of drug-likeness (QED) is 0.508. The highest BCUT2D eigenvalue weighted by atomic mass is 35.5. The van der Waals surface area contributed by atoms with E-state index < -0.39 is 0 Å². The van der Waals surface area contributed by atoms with Gasteiger partial charge in [0.05, 0.1) is 25.6 Å². The molecule has 0 spiro atoms. The normalized spacial score (nSPS) is 11.2. The van der Waals surface area contributed by atoms with Gasteiger partial charge in [0.15, 0.2) is 0 Å². The monoisotopic (exact) mass is 448 g/mol. The highest BCUT2D eigenvalue weighted by Crippen LogP contribution is 2.35. The first kappa shape index (κ1) is 22.3. The second kappa shape index (κ2) is 9.59. The summed E-state index contributed by atoms with van der Waals surface area (Å²) in [5, 5.41) is 4.85. The smallest absolute Gasteiger partial charge is 0.348 e. The third kappa shape index (κ3) is 4.83. The van der Waals surface area contributed by atoms with Gasteiger partial charge in [-0.3, -0.25) is 0 Å². The van der Waals surface area contributed by atoms with Crippen LogP contribution in [-0.2, 0) is 17.8 Å². The Morgan fingerprint density at radius 3 is 2.73 bits per heavy atom. The minimum atomic E-state index is -0.338. The van der Waals surface area contributed by atoms with Crippen molar-refractivity contribution < 1.29 is 14.3 Å². The summed E-state index contributed by atoms with van der Waals surface area (Å²) in [6.45, 7) is 5.05. The molecule has 0 amide bonds. The van der Waals surface area contributed by atoms with Gasteiger partial charge >= 0.3 is 5.97 Å². The Morgan fingerprint density at radius 2 is 2.07 bits per heavy atom. The first-order valence-electron chi connectivity index (χ1n) is 9.52. The summed E-state index contributed by atoms with van der Waals surface area (Å²) in [6, 6.07) is 5.48. The summed E-state index contributed by atoms with van der Waals surface area (Å²) >= 11 is 7.49. The lowest BCUT2D eigenvalue weighted by atomic mass is 10.1. The molecule has 160 valence electrons. The van der Waals surface area contributed by atoms with Gasteiger partial charge in [-0.05, 0) is 51.7 Å². The van der Waals surface area contributed by atoms with Crippen molar-refractivity contribution >= 4 is 44.9 Å². The van der Waals surface area contributed by atoms with Crippen molar-refractivity contribution in [2.24, 2.45) is 0 Å². The van der Waals surface area contributed by atoms with Crippen LogP contribution in [-0.4, -0.2) is 48.6 Å². The van der Waals surface area contributed by atoms with E-state index in [0.29, 0.717) is 41.2 Å². The van der Waals surface area contributed by atoms with Gasteiger partial charge in [0.25, 0.3) is 0 Å². The zero-order valence-electron chi connectivity index (χ0n) is 17.7. The van der Waals surface area contributed by atoms with E-state index in [1.807, 2.05) is 38.1 Å². The number of fused-ring (bicyclic) bond motifs is 1. The van der Waals surface area contributed by atoms with Gasteiger partial charge in [-0.1, -0.05) is 11.6 Å². The van der Waals surface area contributed by atoms with Crippen LogP contribution in [0.4, 0.5) is 5.82 Å². The molecule has 30 heavy (non-hydrogen) atoms. The molecule has 0 aliphatic carbocycles. The summed E-state index contributed by atoms with van der Waals surface area (Å²) < 4.78 is 10.7. The van der Waals surface area contributed by atoms with Crippen LogP contribution in [0.15, 0.2) is 18.2 Å². The number of nitrogens with zero attached hydrogens (tertiary/aromatic N) is 3. The number of hydrogen-bond donors (Lipinski definition) is 1. The van der Waals surface area contributed by atoms with E-state index in [-0.39, 0.29) is 5.97 Å². The molecule has 0 aliphatic heterocycles. The molecule has 1 N–H and O–H groups in total. The Kier molecular flexibility index (Phi) is 7.12. The molecule has 0 unspecified atom stereocenters. The molecule has 9 heteroatoms. The number of aromatic nitrogens is 2. The van der Waals surface area contributed by atoms with Crippen molar-refractivity contribution in [2.75, 3.05) is 33.1 Å². The van der Waals surface area contributed by atoms with Gasteiger partial charge in [0, 0.05) is 17.1 Å². The van der Waals surface area contributed by atoms with Crippen LogP contribution in [0.1, 0.15) is 33.5 Å². The summed E-state index contributed by atoms with van der Waals surface area (Å²) in [6.07, 6.45) is 0. The molecule has 0 bridgehead atoms. The zero-order chi connectivity index (χ0) is 21.8. The number of methoxy groups -OCH3 is 1. The SMILES string of the molecule is CCOC(=O)c1sc2nc(CN(C)C)nc(NCc3cc(Cl)ccc3OC)c2c1C. The van der Waals surface area contributed by atoms with Gasteiger partial charge in [-0.2, -0.15) is 0 Å². The van der Waals surface area contributed by atoms with E-state index in [9.17, 15) is 4.79 Å². The van der Waals surface area contributed by atoms with E-state index in [1.165, 1.54) is 11.3 Å². The fraction of sp³-hybridized carbons (Fsp3) is 0.381. The van der Waals surface area contributed by atoms with E-state index in [2.05, 4.69) is 10.3 Å². The molecule has 2 aromatic heterocycles. The second-order valence-corrected chi connectivity index (χ2v) is 8.43. The van der Waals surface area contributed by atoms with Crippen molar-refractivity contribution in [3.63, 3.8) is 0 Å². The molecule has 0 aliphatic rings. The van der Waals surface area contributed by atoms with Crippen LogP contribution >= 0.6 is 22.9 Å². The lowest BCUT2D eigenvalue weighted by Crippen LogP contribution is -2.14. The number of esters is 1. The van der Waals surface area contributed by atoms with E-state index in [4.69, 9.17) is 26.1 Å². The Hall–Kier alpha value is -2.42. The zero-order valence-corrected chi connectivity index (χ0v) is 19.3. The molecule has 0 fully saturated rings. The average molecular weight is 449 g/mol. The molecule has 0 saturated heterocycles. The molecule has 0 atom stereocenters. The maximum Gasteiger partial charge on any atom is 0.348 e. The summed E-state index contributed by atoms with van der Waals surface area (Å²) in [4.78, 5) is 25.1. The lowest BCUT2D eigenvalue weighted by Gasteiger charge is -2.14. The number of carbonyl (C=O) groups excluding carboxylic acids is 1. The number of carbonyl (C=O) groups is 1. The molecule has 0 radical (unpaired) electrons. The number of nitrogens with one attached hydrogen (secondary N) is 1. The molecule has 2 heterocycles. The number of halogens is 1. The topological polar surface area (TPSA) is 76.6 Å². The van der Waals surface area contributed by atoms with Gasteiger partial charge in [-0.25, -0.2) is 14.8 Å². The van der Waals surface area contributed by atoms with Crippen molar-refractivity contribution in [3.8, 4) is 5.75 Å². The fourth-order valence-electron chi connectivity index (χ4n) is 3.12. The van der Waals surface area contributed by atoms with E-state index in [1.54, 1.807) is 20.1 Å². The minimum Gasteiger partial charge on any atom is -0.496 e. The van der Waals surface area contributed by atoms with Gasteiger partial charge < -0.3 is 19.7 Å². The summed E-state index contributed by atoms with van der Waals surface area (Å²) in [5.41, 5.74) is 1.72. The standard InChI is InChI=1S/C21H25ClN4O3S/c1-6-29-21(27)18-12(2)17-19(24-16(11-26(3)4)25-20(17)30-18)23-10-13-9-14(22)7-8-15(13)28-5/h7-9H,6,10-11H2,1-5H3,(H,23,24,25). The number of aryl methyl sites for hydroxylation is 1. The number of thiophene rings is 1. The van der Waals surface area contributed by atoms with Crippen molar-refractivity contribution in [2.45, 2.75) is 26.9 Å². The highest BCUT2D eigenvalue weighted by molar-refractivity contribution is 7.20. The Labute approximate surface area is 185 Å². The van der Waals surface area contributed by atoms with Crippen LogP contribution < -0.4 is 10.1 Å². The van der Waals surface area contributed by atoms with E-state index in [0.717, 1.165) is 27.1 Å². The largest absolute Gasteiger partial charge is 0.496 e. The Bertz CT molecular complexity index is 1070. The second-order valence-electron chi connectivity index (χ2n) is 6.99. The maximum atomic E-state index is 12.4. The first-order valence-corrected chi connectivity index (χ1v) is 10.7. The summed E-state index contributed by atoms with van der Waals surface area (Å²) in [7, 11) is 5.54. The minimum absolute atomic E-state index is 0.323. The van der Waals surface area contributed by atoms with Crippen LogP contribution in [0.2, 0.25) is 5.02 Å². The number of rotatable bonds is 8. The van der Waals surface area contributed by atoms with Crippen molar-refractivity contribution in [1.82, 2.24) is 14.9 Å². The van der Waals surface area contributed by atoms with Gasteiger partial charge in [-0.15, -0.1) is 11.3 Å². The molecule has 3 rings (SSSR count). The fourth-order valence-corrected chi connectivity index (χ4v) is 4.41. The predicted octanol–water partition coefficient (Wildman–Crippen LogP) is 4.51. The highest BCUT2D eigenvalue weighted by Gasteiger charge is 2.21. The molecule has 7 nitrogen and oxygen atoms in total.